The smallest absolute Gasteiger partial charge is 0.333 e. The van der Waals surface area contributed by atoms with E-state index in [9.17, 15) is 8.42 Å². The zero-order chi connectivity index (χ0) is 8.32. The Labute approximate surface area is 63.2 Å². The van der Waals surface area contributed by atoms with Crippen molar-refractivity contribution in [3.63, 3.8) is 0 Å². The van der Waals surface area contributed by atoms with Crippen LogP contribution in [0.25, 0.3) is 0 Å². The highest BCUT2D eigenvalue weighted by atomic mass is 32.2. The van der Waals surface area contributed by atoms with Crippen LogP contribution in [-0.2, 0) is 21.1 Å². The van der Waals surface area contributed by atoms with Gasteiger partial charge in [0.15, 0.2) is 12.2 Å². The molecular formula is C4H6N2O4S. The number of nitrogens with two attached hydrogens (primary N) is 1. The summed E-state index contributed by atoms with van der Waals surface area (Å²) in [6.07, 6.45) is 2.51. The van der Waals surface area contributed by atoms with E-state index < -0.39 is 10.3 Å². The molecule has 1 heterocycles. The molecule has 7 heteroatoms. The standard InChI is InChI=1S/C4H6N2O4S/c5-11(7,8)10-2-4-1-6-3-9-4/h1,3H,2H2,(H2,5,7,8). The second-order valence-electron chi connectivity index (χ2n) is 1.72. The molecule has 0 spiro atoms. The second-order valence-corrected chi connectivity index (χ2v) is 2.94. The third-order valence-electron chi connectivity index (χ3n) is 0.849. The van der Waals surface area contributed by atoms with Crippen LogP contribution in [0.3, 0.4) is 0 Å². The van der Waals surface area contributed by atoms with Gasteiger partial charge in [-0.3, -0.25) is 4.18 Å². The fraction of sp³-hybridized carbons (Fsp3) is 0.250. The van der Waals surface area contributed by atoms with E-state index in [1.807, 2.05) is 0 Å². The summed E-state index contributed by atoms with van der Waals surface area (Å²) in [6, 6.07) is 0. The predicted molar refractivity (Wildman–Crippen MR) is 34.4 cm³/mol. The largest absolute Gasteiger partial charge is 0.446 e. The number of oxazole rings is 1. The van der Waals surface area contributed by atoms with Crippen LogP contribution in [0, 0.1) is 0 Å². The third kappa shape index (κ3) is 3.12. The van der Waals surface area contributed by atoms with Crippen molar-refractivity contribution in [3.8, 4) is 0 Å². The molecule has 1 aromatic rings. The van der Waals surface area contributed by atoms with Crippen LogP contribution >= 0.6 is 0 Å². The maximum absolute atomic E-state index is 10.2. The van der Waals surface area contributed by atoms with Crippen molar-refractivity contribution in [2.24, 2.45) is 5.14 Å². The molecule has 0 aliphatic heterocycles. The molecule has 0 aliphatic carbocycles. The van der Waals surface area contributed by atoms with Crippen molar-refractivity contribution in [1.82, 2.24) is 4.98 Å². The van der Waals surface area contributed by atoms with Crippen molar-refractivity contribution in [1.29, 1.82) is 0 Å². The van der Waals surface area contributed by atoms with Crippen LogP contribution in [0.2, 0.25) is 0 Å². The summed E-state index contributed by atoms with van der Waals surface area (Å²) >= 11 is 0. The average molecular weight is 178 g/mol. The van der Waals surface area contributed by atoms with Gasteiger partial charge in [0.05, 0.1) is 6.20 Å². The molecule has 0 fully saturated rings. The lowest BCUT2D eigenvalue weighted by Gasteiger charge is -1.94. The SMILES string of the molecule is NS(=O)(=O)OCc1cnco1. The van der Waals surface area contributed by atoms with E-state index in [4.69, 9.17) is 0 Å². The molecule has 62 valence electrons. The Bertz CT molecular complexity index is 303. The Balaban J connectivity index is 2.48. The summed E-state index contributed by atoms with van der Waals surface area (Å²) in [4.78, 5) is 3.54. The van der Waals surface area contributed by atoms with Crippen LogP contribution in [-0.4, -0.2) is 13.4 Å². The summed E-state index contributed by atoms with van der Waals surface area (Å²) in [5.41, 5.74) is 0. The van der Waals surface area contributed by atoms with E-state index >= 15 is 0 Å². The first-order chi connectivity index (χ1) is 5.08. The highest BCUT2D eigenvalue weighted by Crippen LogP contribution is 1.99. The number of hydrogen-bond acceptors (Lipinski definition) is 5. The van der Waals surface area contributed by atoms with Gasteiger partial charge in [-0.05, 0) is 0 Å². The lowest BCUT2D eigenvalue weighted by Crippen LogP contribution is -2.15. The van der Waals surface area contributed by atoms with Gasteiger partial charge in [-0.1, -0.05) is 0 Å². The van der Waals surface area contributed by atoms with Gasteiger partial charge in [0.2, 0.25) is 0 Å². The molecule has 0 saturated carbocycles. The van der Waals surface area contributed by atoms with Gasteiger partial charge in [0.25, 0.3) is 0 Å². The monoisotopic (exact) mass is 178 g/mol. The van der Waals surface area contributed by atoms with Gasteiger partial charge in [-0.2, -0.15) is 8.42 Å². The zero-order valence-electron chi connectivity index (χ0n) is 5.43. The number of aromatic nitrogens is 1. The molecule has 0 aromatic carbocycles. The van der Waals surface area contributed by atoms with Crippen molar-refractivity contribution in [3.05, 3.63) is 18.4 Å². The van der Waals surface area contributed by atoms with E-state index in [1.165, 1.54) is 12.6 Å². The van der Waals surface area contributed by atoms with Crippen LogP contribution in [0.15, 0.2) is 17.0 Å². The van der Waals surface area contributed by atoms with Gasteiger partial charge >= 0.3 is 10.3 Å². The Hall–Kier alpha value is -0.920. The molecule has 0 radical (unpaired) electrons. The van der Waals surface area contributed by atoms with Gasteiger partial charge in [-0.15, -0.1) is 0 Å². The molecule has 1 aromatic heterocycles. The van der Waals surface area contributed by atoms with E-state index in [-0.39, 0.29) is 6.61 Å². The molecule has 0 saturated heterocycles. The van der Waals surface area contributed by atoms with Crippen molar-refractivity contribution < 1.29 is 17.0 Å². The zero-order valence-corrected chi connectivity index (χ0v) is 6.24. The molecule has 1 rings (SSSR count). The molecule has 11 heavy (non-hydrogen) atoms. The summed E-state index contributed by atoms with van der Waals surface area (Å²) in [7, 11) is -3.89. The molecule has 0 bridgehead atoms. The maximum Gasteiger partial charge on any atom is 0.333 e. The van der Waals surface area contributed by atoms with E-state index in [0.29, 0.717) is 5.76 Å². The molecule has 0 atom stereocenters. The fourth-order valence-corrected chi connectivity index (χ4v) is 0.734. The van der Waals surface area contributed by atoms with E-state index in [0.717, 1.165) is 0 Å². The van der Waals surface area contributed by atoms with E-state index in [2.05, 4.69) is 18.7 Å². The van der Waals surface area contributed by atoms with Crippen LogP contribution < -0.4 is 5.14 Å². The Morgan fingerprint density at radius 3 is 2.91 bits per heavy atom. The van der Waals surface area contributed by atoms with Crippen molar-refractivity contribution in [2.45, 2.75) is 6.61 Å². The lowest BCUT2D eigenvalue weighted by atomic mass is 10.6. The number of rotatable bonds is 3. The highest BCUT2D eigenvalue weighted by Gasteiger charge is 2.04. The van der Waals surface area contributed by atoms with Crippen molar-refractivity contribution >= 4 is 10.3 Å². The lowest BCUT2D eigenvalue weighted by molar-refractivity contribution is 0.274. The Morgan fingerprint density at radius 2 is 2.45 bits per heavy atom. The summed E-state index contributed by atoms with van der Waals surface area (Å²) < 4.78 is 29.3. The number of nitrogens with zero attached hydrogens (tertiary/aromatic N) is 1. The van der Waals surface area contributed by atoms with Gasteiger partial charge in [0.1, 0.15) is 6.61 Å². The minimum absolute atomic E-state index is 0.223. The Morgan fingerprint density at radius 1 is 1.73 bits per heavy atom. The highest BCUT2D eigenvalue weighted by molar-refractivity contribution is 7.84. The predicted octanol–water partition coefficient (Wildman–Crippen LogP) is -0.605. The van der Waals surface area contributed by atoms with Crippen LogP contribution in [0.1, 0.15) is 5.76 Å². The molecule has 2 N–H and O–H groups in total. The van der Waals surface area contributed by atoms with Crippen LogP contribution in [0.4, 0.5) is 0 Å². The van der Waals surface area contributed by atoms with Gasteiger partial charge in [0, 0.05) is 0 Å². The topological polar surface area (TPSA) is 95.4 Å². The molecule has 0 unspecified atom stereocenters. The molecule has 0 aliphatic rings. The summed E-state index contributed by atoms with van der Waals surface area (Å²) in [6.45, 7) is -0.223. The number of hydrogen-bond donors (Lipinski definition) is 1. The van der Waals surface area contributed by atoms with Gasteiger partial charge in [-0.25, -0.2) is 10.1 Å². The van der Waals surface area contributed by atoms with Gasteiger partial charge < -0.3 is 4.42 Å². The second kappa shape index (κ2) is 2.99. The summed E-state index contributed by atoms with van der Waals surface area (Å²) in [5, 5.41) is 4.54. The Kier molecular flexibility index (Phi) is 2.22. The minimum atomic E-state index is -3.89. The molecule has 6 nitrogen and oxygen atoms in total. The third-order valence-corrected chi connectivity index (χ3v) is 1.30. The molecular weight excluding hydrogens is 172 g/mol. The maximum atomic E-state index is 10.2. The first kappa shape index (κ1) is 8.18. The fourth-order valence-electron chi connectivity index (χ4n) is 0.454. The average Bonchev–Trinajstić information content (AvgIpc) is 2.32. The van der Waals surface area contributed by atoms with Crippen LogP contribution in [0.5, 0.6) is 0 Å². The first-order valence-electron chi connectivity index (χ1n) is 2.62. The minimum Gasteiger partial charge on any atom is -0.446 e. The molecule has 0 amide bonds. The normalized spacial score (nSPS) is 11.7. The van der Waals surface area contributed by atoms with E-state index in [1.54, 1.807) is 0 Å². The van der Waals surface area contributed by atoms with Crippen molar-refractivity contribution in [2.75, 3.05) is 0 Å². The quantitative estimate of drug-likeness (QED) is 0.666. The first-order valence-corrected chi connectivity index (χ1v) is 4.09. The summed E-state index contributed by atoms with van der Waals surface area (Å²) in [5.74, 6) is 0.305.